The van der Waals surface area contributed by atoms with Gasteiger partial charge in [-0.3, -0.25) is 4.79 Å². The Bertz CT molecular complexity index is 1250. The molecule has 0 bridgehead atoms. The molecule has 216 valence electrons. The number of rotatable bonds is 11. The second-order valence-electron chi connectivity index (χ2n) is 11.1. The fourth-order valence-electron chi connectivity index (χ4n) is 4.85. The van der Waals surface area contributed by atoms with E-state index in [0.29, 0.717) is 17.0 Å². The molecule has 40 heavy (non-hydrogen) atoms. The van der Waals surface area contributed by atoms with E-state index in [1.807, 2.05) is 13.8 Å². The number of hydrogen-bond donors (Lipinski definition) is 1. The lowest BCUT2D eigenvalue weighted by Crippen LogP contribution is -2.35. The van der Waals surface area contributed by atoms with E-state index in [1.165, 1.54) is 37.0 Å². The van der Waals surface area contributed by atoms with Gasteiger partial charge in [-0.15, -0.1) is 0 Å². The molecule has 0 fully saturated rings. The number of ketones is 2. The highest BCUT2D eigenvalue weighted by molar-refractivity contribution is 6.31. The molecule has 0 spiro atoms. The molecule has 7 nitrogen and oxygen atoms in total. The lowest BCUT2D eigenvalue weighted by atomic mass is 9.65. The maximum absolute atomic E-state index is 13.9. The highest BCUT2D eigenvalue weighted by Crippen LogP contribution is 2.46. The molecule has 1 aromatic carbocycles. The number of anilines is 1. The molecular weight excluding hydrogens is 530 g/mol. The molecular formula is C32H40ClNO6. The highest BCUT2D eigenvalue weighted by atomic mass is 35.5. The SMILES string of the molecule is CC(=O)C[C@@H]1C(=O)C(COC(=O)c2cc(Cl)ccc2N)=CC[C@](C)(CCC=C(C)C)[C@H]1/C=C/OC(=O)C=C(C)C. The van der Waals surface area contributed by atoms with Crippen molar-refractivity contribution in [3.05, 3.63) is 76.1 Å². The van der Waals surface area contributed by atoms with Crippen LogP contribution in [0.3, 0.4) is 0 Å². The summed E-state index contributed by atoms with van der Waals surface area (Å²) in [4.78, 5) is 51.1. The van der Waals surface area contributed by atoms with Crippen LogP contribution in [0.4, 0.5) is 5.69 Å². The van der Waals surface area contributed by atoms with Crippen LogP contribution in [0.2, 0.25) is 5.02 Å². The summed E-state index contributed by atoms with van der Waals surface area (Å²) in [6, 6.07) is 4.49. The standard InChI is InChI=1S/C32H40ClNO6/c1-20(2)8-7-13-32(6)14-11-23(19-40-31(38)26-18-24(33)9-10-28(26)34)30(37)25(17-22(5)35)27(32)12-15-39-29(36)16-21(3)4/h8-12,15-16,18,25,27H,7,13-14,17,19,34H2,1-6H3/b15-12+/t25-,27-,32-/m0/s1. The van der Waals surface area contributed by atoms with Gasteiger partial charge in [0.2, 0.25) is 0 Å². The molecule has 8 heteroatoms. The summed E-state index contributed by atoms with van der Waals surface area (Å²) in [7, 11) is 0. The van der Waals surface area contributed by atoms with Gasteiger partial charge in [0.05, 0.1) is 11.8 Å². The summed E-state index contributed by atoms with van der Waals surface area (Å²) in [6.07, 6.45) is 10.3. The van der Waals surface area contributed by atoms with E-state index in [0.717, 1.165) is 18.4 Å². The van der Waals surface area contributed by atoms with Crippen LogP contribution in [0, 0.1) is 17.3 Å². The molecule has 0 amide bonds. The van der Waals surface area contributed by atoms with Crippen LogP contribution in [0.5, 0.6) is 0 Å². The van der Waals surface area contributed by atoms with E-state index in [4.69, 9.17) is 26.8 Å². The molecule has 3 atom stereocenters. The third-order valence-corrected chi connectivity index (χ3v) is 7.19. The van der Waals surface area contributed by atoms with Crippen LogP contribution >= 0.6 is 11.6 Å². The number of Topliss-reactive ketones (excluding diaryl/α,β-unsaturated/α-hetero) is 2. The summed E-state index contributed by atoms with van der Waals surface area (Å²) in [5.74, 6) is -2.78. The van der Waals surface area contributed by atoms with E-state index in [9.17, 15) is 19.2 Å². The Morgan fingerprint density at radius 2 is 1.82 bits per heavy atom. The predicted molar refractivity (Wildman–Crippen MR) is 158 cm³/mol. The minimum Gasteiger partial charge on any atom is -0.457 e. The smallest absolute Gasteiger partial charge is 0.340 e. The number of carbonyl (C=O) groups excluding carboxylic acids is 4. The van der Waals surface area contributed by atoms with Crippen LogP contribution in [0.1, 0.15) is 77.6 Å². The van der Waals surface area contributed by atoms with Crippen molar-refractivity contribution in [1.82, 2.24) is 0 Å². The average molecular weight is 570 g/mol. The quantitative estimate of drug-likeness (QED) is 0.101. The second kappa shape index (κ2) is 14.8. The number of halogens is 1. The van der Waals surface area contributed by atoms with Gasteiger partial charge in [0, 0.05) is 34.7 Å². The van der Waals surface area contributed by atoms with Gasteiger partial charge in [0.1, 0.15) is 12.4 Å². The highest BCUT2D eigenvalue weighted by Gasteiger charge is 2.43. The molecule has 1 aliphatic carbocycles. The normalized spacial score (nSPS) is 20.8. The third kappa shape index (κ3) is 9.63. The first-order chi connectivity index (χ1) is 18.7. The second-order valence-corrected chi connectivity index (χ2v) is 11.5. The first-order valence-corrected chi connectivity index (χ1v) is 13.7. The maximum atomic E-state index is 13.9. The summed E-state index contributed by atoms with van der Waals surface area (Å²) in [5, 5.41) is 0.333. The van der Waals surface area contributed by atoms with Gasteiger partial charge < -0.3 is 20.0 Å². The van der Waals surface area contributed by atoms with Crippen molar-refractivity contribution in [3.63, 3.8) is 0 Å². The van der Waals surface area contributed by atoms with E-state index in [1.54, 1.807) is 32.1 Å². The topological polar surface area (TPSA) is 113 Å². The van der Waals surface area contributed by atoms with Crippen molar-refractivity contribution in [3.8, 4) is 0 Å². The van der Waals surface area contributed by atoms with Crippen LogP contribution < -0.4 is 5.73 Å². The van der Waals surface area contributed by atoms with Crippen LogP contribution in [-0.2, 0) is 23.9 Å². The Morgan fingerprint density at radius 3 is 2.45 bits per heavy atom. The number of nitrogens with two attached hydrogens (primary N) is 1. The summed E-state index contributed by atoms with van der Waals surface area (Å²) in [6.45, 7) is 10.9. The summed E-state index contributed by atoms with van der Waals surface area (Å²) < 4.78 is 10.8. The maximum Gasteiger partial charge on any atom is 0.340 e. The van der Waals surface area contributed by atoms with E-state index < -0.39 is 29.2 Å². The Kier molecular flexibility index (Phi) is 12.1. The number of allylic oxidation sites excluding steroid dienone is 5. The van der Waals surface area contributed by atoms with Crippen molar-refractivity contribution < 1.29 is 28.7 Å². The van der Waals surface area contributed by atoms with Gasteiger partial charge in [-0.25, -0.2) is 9.59 Å². The zero-order valence-electron chi connectivity index (χ0n) is 24.2. The summed E-state index contributed by atoms with van der Waals surface area (Å²) >= 11 is 6.01. The first kappa shape index (κ1) is 32.8. The minimum absolute atomic E-state index is 0.000516. The van der Waals surface area contributed by atoms with Crippen molar-refractivity contribution in [2.45, 2.75) is 67.2 Å². The molecule has 0 heterocycles. The number of hydrogen-bond acceptors (Lipinski definition) is 7. The number of esters is 2. The minimum atomic E-state index is -0.726. The van der Waals surface area contributed by atoms with E-state index in [-0.39, 0.29) is 35.8 Å². The molecule has 1 aliphatic rings. The molecule has 0 saturated carbocycles. The van der Waals surface area contributed by atoms with Crippen LogP contribution in [-0.4, -0.2) is 30.1 Å². The summed E-state index contributed by atoms with van der Waals surface area (Å²) in [5.41, 5.74) is 8.07. The molecule has 0 aromatic heterocycles. The van der Waals surface area contributed by atoms with Crippen molar-refractivity contribution >= 4 is 40.8 Å². The molecule has 0 saturated heterocycles. The van der Waals surface area contributed by atoms with Gasteiger partial charge in [0.15, 0.2) is 5.78 Å². The Labute approximate surface area is 242 Å². The van der Waals surface area contributed by atoms with Gasteiger partial charge in [-0.05, 0) is 89.5 Å². The van der Waals surface area contributed by atoms with Gasteiger partial charge in [-0.1, -0.05) is 41.8 Å². The first-order valence-electron chi connectivity index (χ1n) is 13.3. The zero-order chi connectivity index (χ0) is 30.0. The Balaban J connectivity index is 2.43. The third-order valence-electron chi connectivity index (χ3n) is 6.95. The lowest BCUT2D eigenvalue weighted by molar-refractivity contribution is -0.132. The predicted octanol–water partition coefficient (Wildman–Crippen LogP) is 6.97. The number of benzene rings is 1. The lowest BCUT2D eigenvalue weighted by Gasteiger charge is -2.38. The number of carbonyl (C=O) groups is 4. The van der Waals surface area contributed by atoms with Crippen LogP contribution in [0.15, 0.2) is 65.5 Å². The van der Waals surface area contributed by atoms with Crippen molar-refractivity contribution in [2.24, 2.45) is 17.3 Å². The Hall–Kier alpha value is -3.45. The van der Waals surface area contributed by atoms with Crippen LogP contribution in [0.25, 0.3) is 0 Å². The Morgan fingerprint density at radius 1 is 1.12 bits per heavy atom. The van der Waals surface area contributed by atoms with Gasteiger partial charge >= 0.3 is 11.9 Å². The number of ether oxygens (including phenoxy) is 2. The molecule has 1 aromatic rings. The fraction of sp³-hybridized carbons (Fsp3) is 0.438. The van der Waals surface area contributed by atoms with Gasteiger partial charge in [-0.2, -0.15) is 0 Å². The van der Waals surface area contributed by atoms with E-state index >= 15 is 0 Å². The molecule has 0 radical (unpaired) electrons. The molecule has 2 rings (SSSR count). The van der Waals surface area contributed by atoms with E-state index in [2.05, 4.69) is 13.0 Å². The fourth-order valence-corrected chi connectivity index (χ4v) is 5.02. The number of nitrogen functional groups attached to an aromatic ring is 1. The van der Waals surface area contributed by atoms with Gasteiger partial charge in [0.25, 0.3) is 0 Å². The monoisotopic (exact) mass is 569 g/mol. The molecule has 0 aliphatic heterocycles. The van der Waals surface area contributed by atoms with Crippen molar-refractivity contribution in [2.75, 3.05) is 12.3 Å². The molecule has 2 N–H and O–H groups in total. The van der Waals surface area contributed by atoms with Crippen molar-refractivity contribution in [1.29, 1.82) is 0 Å². The largest absolute Gasteiger partial charge is 0.457 e. The molecule has 0 unspecified atom stereocenters. The average Bonchev–Trinajstić information content (AvgIpc) is 2.93. The zero-order valence-corrected chi connectivity index (χ0v) is 25.0.